The molecule has 0 saturated heterocycles. The maximum atomic E-state index is 5.53. The molecule has 0 aliphatic rings. The third-order valence-corrected chi connectivity index (χ3v) is 4.50. The highest BCUT2D eigenvalue weighted by Gasteiger charge is 2.06. The molecule has 2 aromatic rings. The summed E-state index contributed by atoms with van der Waals surface area (Å²) in [6.07, 6.45) is 8.02. The van der Waals surface area contributed by atoms with Crippen molar-refractivity contribution >= 4 is 41.3 Å². The molecule has 2 rings (SSSR count). The lowest BCUT2D eigenvalue weighted by Crippen LogP contribution is -2.37. The highest BCUT2D eigenvalue weighted by molar-refractivity contribution is 14.0. The van der Waals surface area contributed by atoms with Crippen LogP contribution in [0.25, 0.3) is 0 Å². The summed E-state index contributed by atoms with van der Waals surface area (Å²) in [5.41, 5.74) is 1.04. The van der Waals surface area contributed by atoms with E-state index in [4.69, 9.17) is 15.9 Å². The number of aliphatic imine (C=N–C) groups is 1. The van der Waals surface area contributed by atoms with Crippen molar-refractivity contribution in [3.63, 3.8) is 0 Å². The molecular weight excluding hydrogens is 475 g/mol. The van der Waals surface area contributed by atoms with E-state index in [0.717, 1.165) is 29.5 Å². The molecule has 6 nitrogen and oxygen atoms in total. The number of hydrogen-bond donors (Lipinski definition) is 2. The Morgan fingerprint density at radius 1 is 1.33 bits per heavy atom. The highest BCUT2D eigenvalue weighted by Crippen LogP contribution is 2.27. The topological polar surface area (TPSA) is 67.8 Å². The van der Waals surface area contributed by atoms with Crippen LogP contribution < -0.4 is 20.1 Å². The van der Waals surface area contributed by atoms with E-state index in [1.54, 1.807) is 25.5 Å². The quantitative estimate of drug-likeness (QED) is 0.253. The van der Waals surface area contributed by atoms with Crippen LogP contribution in [0.4, 0.5) is 0 Å². The van der Waals surface area contributed by atoms with Crippen LogP contribution in [0.1, 0.15) is 15.4 Å². The molecule has 0 spiro atoms. The molecule has 0 saturated carbocycles. The molecule has 8 heteroatoms. The number of thiazole rings is 1. The summed E-state index contributed by atoms with van der Waals surface area (Å²) in [4.78, 5) is 9.83. The first-order chi connectivity index (χ1) is 12.7. The minimum Gasteiger partial charge on any atom is -0.493 e. The van der Waals surface area contributed by atoms with Crippen LogP contribution in [0, 0.1) is 19.3 Å². The lowest BCUT2D eigenvalue weighted by atomic mass is 10.2. The summed E-state index contributed by atoms with van der Waals surface area (Å²) in [7, 11) is 3.35. The minimum absolute atomic E-state index is 0. The molecule has 0 unspecified atom stereocenters. The average molecular weight is 500 g/mol. The van der Waals surface area contributed by atoms with Gasteiger partial charge in [0, 0.05) is 37.6 Å². The van der Waals surface area contributed by atoms with Crippen molar-refractivity contribution in [2.75, 3.05) is 27.3 Å². The Bertz CT molecular complexity index is 786. The van der Waals surface area contributed by atoms with Crippen molar-refractivity contribution in [3.8, 4) is 23.8 Å². The number of terminal acetylenes is 1. The predicted molar refractivity (Wildman–Crippen MR) is 121 cm³/mol. The van der Waals surface area contributed by atoms with Crippen LogP contribution in [0.15, 0.2) is 29.4 Å². The molecule has 0 aliphatic carbocycles. The molecule has 1 heterocycles. The first-order valence-corrected chi connectivity index (χ1v) is 9.07. The monoisotopic (exact) mass is 500 g/mol. The van der Waals surface area contributed by atoms with Crippen LogP contribution in [0.5, 0.6) is 11.5 Å². The first kappa shape index (κ1) is 23.0. The largest absolute Gasteiger partial charge is 0.493 e. The maximum Gasteiger partial charge on any atom is 0.191 e. The molecule has 0 amide bonds. The van der Waals surface area contributed by atoms with Gasteiger partial charge in [0.05, 0.1) is 12.1 Å². The van der Waals surface area contributed by atoms with Crippen molar-refractivity contribution < 1.29 is 9.47 Å². The van der Waals surface area contributed by atoms with E-state index in [1.165, 1.54) is 4.88 Å². The number of rotatable bonds is 8. The van der Waals surface area contributed by atoms with Crippen molar-refractivity contribution in [2.45, 2.75) is 19.9 Å². The van der Waals surface area contributed by atoms with Crippen molar-refractivity contribution in [1.82, 2.24) is 15.6 Å². The van der Waals surface area contributed by atoms with E-state index in [0.29, 0.717) is 18.0 Å². The average Bonchev–Trinajstić information content (AvgIpc) is 3.07. The Kier molecular flexibility index (Phi) is 10.6. The number of benzene rings is 1. The number of hydrogen-bond acceptors (Lipinski definition) is 5. The van der Waals surface area contributed by atoms with E-state index in [2.05, 4.69) is 33.5 Å². The van der Waals surface area contributed by atoms with E-state index in [-0.39, 0.29) is 30.6 Å². The number of nitrogens with zero attached hydrogens (tertiary/aromatic N) is 2. The molecule has 2 N–H and O–H groups in total. The molecule has 0 radical (unpaired) electrons. The molecule has 27 heavy (non-hydrogen) atoms. The normalized spacial score (nSPS) is 10.5. The number of methoxy groups -OCH3 is 1. The number of aromatic nitrogens is 1. The van der Waals surface area contributed by atoms with Gasteiger partial charge in [-0.05, 0) is 24.6 Å². The van der Waals surface area contributed by atoms with Gasteiger partial charge in [0.2, 0.25) is 0 Å². The van der Waals surface area contributed by atoms with E-state index < -0.39 is 0 Å². The smallest absolute Gasteiger partial charge is 0.191 e. The summed E-state index contributed by atoms with van der Waals surface area (Å²) >= 11 is 1.72. The van der Waals surface area contributed by atoms with Crippen molar-refractivity contribution in [3.05, 3.63) is 39.8 Å². The first-order valence-electron chi connectivity index (χ1n) is 8.25. The third-order valence-electron chi connectivity index (χ3n) is 3.52. The summed E-state index contributed by atoms with van der Waals surface area (Å²) < 4.78 is 10.8. The summed E-state index contributed by atoms with van der Waals surface area (Å²) in [5, 5.41) is 7.70. The molecule has 1 aromatic heterocycles. The SMILES string of the molecule is C#CCOc1cc(CNC(=NC)NCCc2ncc(C)s2)ccc1OC.I. The number of aryl methyl sites for hydroxylation is 1. The van der Waals surface area contributed by atoms with Gasteiger partial charge >= 0.3 is 0 Å². The van der Waals surface area contributed by atoms with Crippen LogP contribution in [-0.4, -0.2) is 38.3 Å². The molecule has 1 aromatic carbocycles. The van der Waals surface area contributed by atoms with Crippen molar-refractivity contribution in [1.29, 1.82) is 0 Å². The van der Waals surface area contributed by atoms with Crippen LogP contribution in [0.3, 0.4) is 0 Å². The van der Waals surface area contributed by atoms with Gasteiger partial charge in [-0.2, -0.15) is 0 Å². The molecule has 0 aliphatic heterocycles. The zero-order valence-corrected chi connectivity index (χ0v) is 18.9. The Morgan fingerprint density at radius 2 is 2.15 bits per heavy atom. The second-order valence-electron chi connectivity index (χ2n) is 5.45. The lowest BCUT2D eigenvalue weighted by molar-refractivity contribution is 0.330. The molecule has 0 fully saturated rings. The second-order valence-corrected chi connectivity index (χ2v) is 6.76. The lowest BCUT2D eigenvalue weighted by Gasteiger charge is -2.13. The highest BCUT2D eigenvalue weighted by atomic mass is 127. The Morgan fingerprint density at radius 3 is 2.78 bits per heavy atom. The van der Waals surface area contributed by atoms with Gasteiger partial charge in [-0.1, -0.05) is 12.0 Å². The van der Waals surface area contributed by atoms with Crippen LogP contribution >= 0.6 is 35.3 Å². The third kappa shape index (κ3) is 7.64. The van der Waals surface area contributed by atoms with Gasteiger partial charge in [0.1, 0.15) is 6.61 Å². The van der Waals surface area contributed by atoms with Gasteiger partial charge in [-0.15, -0.1) is 41.7 Å². The van der Waals surface area contributed by atoms with Gasteiger partial charge in [-0.25, -0.2) is 4.98 Å². The fraction of sp³-hybridized carbons (Fsp3) is 0.368. The van der Waals surface area contributed by atoms with Gasteiger partial charge in [0.25, 0.3) is 0 Å². The van der Waals surface area contributed by atoms with Gasteiger partial charge in [0.15, 0.2) is 17.5 Å². The van der Waals surface area contributed by atoms with E-state index >= 15 is 0 Å². The standard InChI is InChI=1S/C19H24N4O2S.HI/c1-5-10-25-17-11-15(6-7-16(17)24-4)13-23-19(20-3)21-9-8-18-22-12-14(2)26-18;/h1,6-7,11-12H,8-10,13H2,2-4H3,(H2,20,21,23);1H. The number of halogens is 1. The number of nitrogens with one attached hydrogen (secondary N) is 2. The minimum atomic E-state index is 0. The van der Waals surface area contributed by atoms with Crippen LogP contribution in [0.2, 0.25) is 0 Å². The zero-order chi connectivity index (χ0) is 18.8. The summed E-state index contributed by atoms with van der Waals surface area (Å²) in [6, 6.07) is 5.75. The van der Waals surface area contributed by atoms with E-state index in [9.17, 15) is 0 Å². The molecular formula is C19H25IN4O2S. The Labute approximate surface area is 181 Å². The van der Waals surface area contributed by atoms with Crippen LogP contribution in [-0.2, 0) is 13.0 Å². The second kappa shape index (κ2) is 12.4. The predicted octanol–water partition coefficient (Wildman–Crippen LogP) is 3.00. The molecule has 0 atom stereocenters. The summed E-state index contributed by atoms with van der Waals surface area (Å²) in [6.45, 7) is 3.64. The Balaban J connectivity index is 0.00000364. The maximum absolute atomic E-state index is 5.53. The number of guanidine groups is 1. The van der Waals surface area contributed by atoms with Crippen molar-refractivity contribution in [2.24, 2.45) is 4.99 Å². The Hall–Kier alpha value is -1.99. The number of ether oxygens (including phenoxy) is 2. The fourth-order valence-electron chi connectivity index (χ4n) is 2.27. The van der Waals surface area contributed by atoms with E-state index in [1.807, 2.05) is 24.4 Å². The molecule has 146 valence electrons. The van der Waals surface area contributed by atoms with Gasteiger partial charge < -0.3 is 20.1 Å². The van der Waals surface area contributed by atoms with Gasteiger partial charge in [-0.3, -0.25) is 4.99 Å². The fourth-order valence-corrected chi connectivity index (χ4v) is 3.06. The zero-order valence-electron chi connectivity index (χ0n) is 15.7. The summed E-state index contributed by atoms with van der Waals surface area (Å²) in [5.74, 6) is 4.48. The molecule has 0 bridgehead atoms.